The number of carboxylic acids is 1. The third kappa shape index (κ3) is 5.95. The number of carbonyl (C=O) groups excluding carboxylic acids is 2. The van der Waals surface area contributed by atoms with Crippen molar-refractivity contribution in [1.82, 2.24) is 10.6 Å². The van der Waals surface area contributed by atoms with Crippen molar-refractivity contribution in [3.63, 3.8) is 0 Å². The highest BCUT2D eigenvalue weighted by Gasteiger charge is 2.31. The van der Waals surface area contributed by atoms with Crippen LogP contribution in [0.5, 0.6) is 0 Å². The van der Waals surface area contributed by atoms with Gasteiger partial charge in [-0.25, -0.2) is 4.79 Å². The molecule has 0 fully saturated rings. The first kappa shape index (κ1) is 25.3. The highest BCUT2D eigenvalue weighted by molar-refractivity contribution is 5.86. The van der Waals surface area contributed by atoms with Crippen LogP contribution in [0.2, 0.25) is 0 Å². The third-order valence-electron chi connectivity index (χ3n) is 6.52. The zero-order valence-electron chi connectivity index (χ0n) is 20.0. The summed E-state index contributed by atoms with van der Waals surface area (Å²) in [6.45, 7) is 5.90. The van der Waals surface area contributed by atoms with E-state index in [4.69, 9.17) is 9.84 Å². The molecule has 0 bridgehead atoms. The van der Waals surface area contributed by atoms with Gasteiger partial charge in [-0.2, -0.15) is 0 Å². The number of benzene rings is 2. The van der Waals surface area contributed by atoms with E-state index in [1.807, 2.05) is 57.2 Å². The van der Waals surface area contributed by atoms with E-state index in [0.29, 0.717) is 12.8 Å². The van der Waals surface area contributed by atoms with Crippen molar-refractivity contribution in [2.45, 2.75) is 64.5 Å². The van der Waals surface area contributed by atoms with Gasteiger partial charge in [-0.1, -0.05) is 82.1 Å². The molecule has 2 amide bonds. The lowest BCUT2D eigenvalue weighted by molar-refractivity contribution is -0.137. The van der Waals surface area contributed by atoms with Gasteiger partial charge in [0.05, 0.1) is 6.42 Å². The van der Waals surface area contributed by atoms with Crippen molar-refractivity contribution in [3.05, 3.63) is 59.7 Å². The molecule has 1 aliphatic carbocycles. The highest BCUT2D eigenvalue weighted by atomic mass is 16.5. The van der Waals surface area contributed by atoms with Gasteiger partial charge in [-0.15, -0.1) is 0 Å². The molecule has 0 radical (unpaired) electrons. The molecule has 7 heteroatoms. The summed E-state index contributed by atoms with van der Waals surface area (Å²) < 4.78 is 5.61. The number of carbonyl (C=O) groups is 3. The second-order valence-electron chi connectivity index (χ2n) is 8.93. The van der Waals surface area contributed by atoms with Crippen molar-refractivity contribution < 1.29 is 24.2 Å². The average molecular weight is 467 g/mol. The summed E-state index contributed by atoms with van der Waals surface area (Å²) >= 11 is 0. The van der Waals surface area contributed by atoms with Crippen LogP contribution in [0.25, 0.3) is 11.1 Å². The summed E-state index contributed by atoms with van der Waals surface area (Å²) in [5, 5.41) is 14.7. The van der Waals surface area contributed by atoms with Gasteiger partial charge in [0.1, 0.15) is 12.6 Å². The van der Waals surface area contributed by atoms with Crippen LogP contribution < -0.4 is 10.6 Å². The van der Waals surface area contributed by atoms with Gasteiger partial charge in [0.15, 0.2) is 0 Å². The van der Waals surface area contributed by atoms with E-state index in [1.54, 1.807) is 0 Å². The maximum absolute atomic E-state index is 13.0. The largest absolute Gasteiger partial charge is 0.481 e. The van der Waals surface area contributed by atoms with Crippen LogP contribution in [-0.2, 0) is 14.3 Å². The molecule has 182 valence electrons. The number of hydrogen-bond acceptors (Lipinski definition) is 4. The zero-order chi connectivity index (χ0) is 24.7. The molecule has 0 heterocycles. The Bertz CT molecular complexity index is 976. The first-order valence-corrected chi connectivity index (χ1v) is 12.0. The molecule has 34 heavy (non-hydrogen) atoms. The summed E-state index contributed by atoms with van der Waals surface area (Å²) in [4.78, 5) is 36.8. The van der Waals surface area contributed by atoms with Gasteiger partial charge in [0.2, 0.25) is 5.91 Å². The molecule has 2 aromatic rings. The monoisotopic (exact) mass is 466 g/mol. The summed E-state index contributed by atoms with van der Waals surface area (Å²) in [7, 11) is 0. The van der Waals surface area contributed by atoms with Crippen LogP contribution in [0.4, 0.5) is 4.79 Å². The molecular weight excluding hydrogens is 432 g/mol. The van der Waals surface area contributed by atoms with Gasteiger partial charge < -0.3 is 20.5 Å². The fourth-order valence-electron chi connectivity index (χ4n) is 4.54. The molecule has 0 aromatic heterocycles. The number of aliphatic carboxylic acids is 1. The maximum Gasteiger partial charge on any atom is 0.407 e. The van der Waals surface area contributed by atoms with Gasteiger partial charge in [0, 0.05) is 12.0 Å². The lowest BCUT2D eigenvalue weighted by Gasteiger charge is -2.26. The Morgan fingerprint density at radius 3 is 2.09 bits per heavy atom. The molecule has 2 aromatic carbocycles. The first-order valence-electron chi connectivity index (χ1n) is 12.0. The fourth-order valence-corrected chi connectivity index (χ4v) is 4.54. The van der Waals surface area contributed by atoms with Gasteiger partial charge in [-0.3, -0.25) is 9.59 Å². The van der Waals surface area contributed by atoms with Crippen LogP contribution in [0.1, 0.15) is 63.5 Å². The smallest absolute Gasteiger partial charge is 0.407 e. The molecule has 0 saturated carbocycles. The molecule has 0 saturated heterocycles. The molecule has 1 unspecified atom stereocenters. The van der Waals surface area contributed by atoms with Crippen LogP contribution >= 0.6 is 0 Å². The molecule has 0 aliphatic heterocycles. The van der Waals surface area contributed by atoms with Gasteiger partial charge in [0.25, 0.3) is 0 Å². The topological polar surface area (TPSA) is 105 Å². The van der Waals surface area contributed by atoms with Crippen LogP contribution in [0.15, 0.2) is 48.5 Å². The molecule has 3 rings (SSSR count). The molecule has 3 N–H and O–H groups in total. The number of amides is 2. The third-order valence-corrected chi connectivity index (χ3v) is 6.52. The van der Waals surface area contributed by atoms with Crippen molar-refractivity contribution >= 4 is 18.0 Å². The molecule has 7 nitrogen and oxygen atoms in total. The van der Waals surface area contributed by atoms with E-state index in [0.717, 1.165) is 28.7 Å². The number of nitrogens with one attached hydrogen (secondary N) is 2. The Morgan fingerprint density at radius 2 is 1.56 bits per heavy atom. The van der Waals surface area contributed by atoms with E-state index >= 15 is 0 Å². The van der Waals surface area contributed by atoms with Crippen LogP contribution in [0.3, 0.4) is 0 Å². The minimum absolute atomic E-state index is 0.0708. The van der Waals surface area contributed by atoms with Gasteiger partial charge >= 0.3 is 12.1 Å². The van der Waals surface area contributed by atoms with E-state index in [-0.39, 0.29) is 30.8 Å². The number of ether oxygens (including phenoxy) is 1. The van der Waals surface area contributed by atoms with Crippen molar-refractivity contribution in [2.24, 2.45) is 5.92 Å². The summed E-state index contributed by atoms with van der Waals surface area (Å²) in [6.07, 6.45) is 1.15. The van der Waals surface area contributed by atoms with Crippen LogP contribution in [-0.4, -0.2) is 41.8 Å². The normalized spacial score (nSPS) is 14.9. The number of alkyl carbamates (subject to hydrolysis) is 1. The number of hydrogen-bond donors (Lipinski definition) is 3. The second-order valence-corrected chi connectivity index (χ2v) is 8.93. The molecule has 1 aliphatic rings. The van der Waals surface area contributed by atoms with Gasteiger partial charge in [-0.05, 0) is 34.6 Å². The van der Waals surface area contributed by atoms with E-state index in [9.17, 15) is 14.4 Å². The Labute approximate surface area is 200 Å². The Kier molecular flexibility index (Phi) is 8.68. The van der Waals surface area contributed by atoms with Crippen molar-refractivity contribution in [1.29, 1.82) is 0 Å². The summed E-state index contributed by atoms with van der Waals surface area (Å²) in [6, 6.07) is 14.9. The lowest BCUT2D eigenvalue weighted by Crippen LogP contribution is -2.53. The van der Waals surface area contributed by atoms with Crippen molar-refractivity contribution in [3.8, 4) is 11.1 Å². The number of carboxylic acid groups (broad SMARTS) is 1. The van der Waals surface area contributed by atoms with E-state index in [2.05, 4.69) is 22.8 Å². The standard InChI is InChI=1S/C27H34N2O5/c1-4-10-18(15-24(30)31)28-26(32)25(17(3)5-2)29-27(33)34-16-23-21-13-8-6-11-19(21)20-12-7-9-14-22(20)23/h6-9,11-14,17-18,23,25H,4-5,10,15-16H2,1-3H3,(H,28,32)(H,29,33)(H,30,31)/t17?,18-,25+/m1/s1. The lowest BCUT2D eigenvalue weighted by atomic mass is 9.97. The number of rotatable bonds is 11. The fraction of sp³-hybridized carbons (Fsp3) is 0.444. The minimum atomic E-state index is -0.969. The van der Waals surface area contributed by atoms with E-state index < -0.39 is 24.1 Å². The number of fused-ring (bicyclic) bond motifs is 3. The Hall–Kier alpha value is -3.35. The van der Waals surface area contributed by atoms with E-state index in [1.165, 1.54) is 0 Å². The quantitative estimate of drug-likeness (QED) is 0.445. The highest BCUT2D eigenvalue weighted by Crippen LogP contribution is 2.44. The second kappa shape index (κ2) is 11.7. The zero-order valence-corrected chi connectivity index (χ0v) is 20.0. The Balaban J connectivity index is 1.66. The Morgan fingerprint density at radius 1 is 0.971 bits per heavy atom. The minimum Gasteiger partial charge on any atom is -0.481 e. The summed E-state index contributed by atoms with van der Waals surface area (Å²) in [5.74, 6) is -1.57. The molecular formula is C27H34N2O5. The molecule has 3 atom stereocenters. The maximum atomic E-state index is 13.0. The summed E-state index contributed by atoms with van der Waals surface area (Å²) in [5.41, 5.74) is 4.52. The molecule has 0 spiro atoms. The predicted molar refractivity (Wildman–Crippen MR) is 131 cm³/mol. The van der Waals surface area contributed by atoms with Crippen LogP contribution in [0, 0.1) is 5.92 Å². The predicted octanol–water partition coefficient (Wildman–Crippen LogP) is 4.70. The van der Waals surface area contributed by atoms with Crippen molar-refractivity contribution in [2.75, 3.05) is 6.61 Å². The first-order chi connectivity index (χ1) is 16.3. The SMILES string of the molecule is CCC[C@H](CC(=O)O)NC(=O)[C@@H](NC(=O)OCC1c2ccccc2-c2ccccc21)C(C)CC. The average Bonchev–Trinajstić information content (AvgIpc) is 3.14.